The van der Waals surface area contributed by atoms with Crippen molar-refractivity contribution in [3.05, 3.63) is 65.2 Å². The van der Waals surface area contributed by atoms with Gasteiger partial charge in [0.1, 0.15) is 6.04 Å². The van der Waals surface area contributed by atoms with Crippen molar-refractivity contribution in [3.63, 3.8) is 0 Å². The van der Waals surface area contributed by atoms with Crippen LogP contribution in [0.3, 0.4) is 0 Å². The van der Waals surface area contributed by atoms with Crippen molar-refractivity contribution >= 4 is 17.7 Å². The Morgan fingerprint density at radius 3 is 2.96 bits per heavy atom. The van der Waals surface area contributed by atoms with E-state index in [1.807, 2.05) is 54.4 Å². The fourth-order valence-corrected chi connectivity index (χ4v) is 3.72. The van der Waals surface area contributed by atoms with Crippen molar-refractivity contribution in [2.75, 3.05) is 5.75 Å². The van der Waals surface area contributed by atoms with Gasteiger partial charge in [0.25, 0.3) is 5.91 Å². The highest BCUT2D eigenvalue weighted by atomic mass is 32.2. The molecule has 1 atom stereocenters. The van der Waals surface area contributed by atoms with Gasteiger partial charge >= 0.3 is 0 Å². The summed E-state index contributed by atoms with van der Waals surface area (Å²) in [6, 6.07) is 11.2. The van der Waals surface area contributed by atoms with Crippen LogP contribution in [0.4, 0.5) is 0 Å². The second-order valence-corrected chi connectivity index (χ2v) is 6.66. The lowest BCUT2D eigenvalue weighted by Gasteiger charge is -2.15. The van der Waals surface area contributed by atoms with E-state index < -0.39 is 6.04 Å². The van der Waals surface area contributed by atoms with Crippen molar-refractivity contribution < 1.29 is 4.79 Å². The molecule has 3 aromatic rings. The van der Waals surface area contributed by atoms with E-state index in [2.05, 4.69) is 30.5 Å². The number of nitrogens with one attached hydrogen (secondary N) is 2. The standard InChI is InChI=1S/C16H16N6OS/c23-16(12-8-13-10-24-7-6-22(13)9-12)17-14(15-18-20-21-19-15)11-4-2-1-3-5-11/h1-5,8-9,14H,6-7,10H2,(H,17,23)(H,18,19,20,21). The average Bonchev–Trinajstić information content (AvgIpc) is 3.29. The van der Waals surface area contributed by atoms with Crippen LogP contribution in [0.5, 0.6) is 0 Å². The lowest BCUT2D eigenvalue weighted by molar-refractivity contribution is 0.0941. The third-order valence-electron chi connectivity index (χ3n) is 4.00. The summed E-state index contributed by atoms with van der Waals surface area (Å²) in [7, 11) is 0. The Morgan fingerprint density at radius 1 is 1.33 bits per heavy atom. The number of thioether (sulfide) groups is 1. The zero-order valence-corrected chi connectivity index (χ0v) is 13.7. The highest BCUT2D eigenvalue weighted by Crippen LogP contribution is 2.23. The van der Waals surface area contributed by atoms with Crippen LogP contribution in [-0.4, -0.2) is 36.9 Å². The molecule has 3 heterocycles. The maximum Gasteiger partial charge on any atom is 0.253 e. The first-order valence-electron chi connectivity index (χ1n) is 7.67. The molecule has 1 amide bonds. The molecule has 7 nitrogen and oxygen atoms in total. The Morgan fingerprint density at radius 2 is 2.21 bits per heavy atom. The van der Waals surface area contributed by atoms with E-state index in [0.29, 0.717) is 11.4 Å². The summed E-state index contributed by atoms with van der Waals surface area (Å²) in [4.78, 5) is 12.7. The van der Waals surface area contributed by atoms with Gasteiger partial charge in [-0.1, -0.05) is 35.5 Å². The molecule has 0 fully saturated rings. The van der Waals surface area contributed by atoms with Crippen LogP contribution in [-0.2, 0) is 12.3 Å². The zero-order valence-electron chi connectivity index (χ0n) is 12.8. The van der Waals surface area contributed by atoms with Crippen molar-refractivity contribution in [3.8, 4) is 0 Å². The number of tetrazole rings is 1. The topological polar surface area (TPSA) is 88.5 Å². The number of hydrogen-bond acceptors (Lipinski definition) is 5. The molecular formula is C16H16N6OS. The summed E-state index contributed by atoms with van der Waals surface area (Å²) in [6.07, 6.45) is 1.92. The second-order valence-electron chi connectivity index (χ2n) is 5.55. The molecule has 0 bridgehead atoms. The number of nitrogens with zero attached hydrogens (tertiary/aromatic N) is 4. The molecular weight excluding hydrogens is 324 g/mol. The number of hydrogen-bond donors (Lipinski definition) is 2. The van der Waals surface area contributed by atoms with Crippen LogP contribution in [0.25, 0.3) is 0 Å². The van der Waals surface area contributed by atoms with Gasteiger partial charge in [-0.25, -0.2) is 0 Å². The number of rotatable bonds is 4. The molecule has 2 aromatic heterocycles. The largest absolute Gasteiger partial charge is 0.349 e. The third-order valence-corrected chi connectivity index (χ3v) is 4.97. The summed E-state index contributed by atoms with van der Waals surface area (Å²) in [5.74, 6) is 2.33. The van der Waals surface area contributed by atoms with Crippen LogP contribution >= 0.6 is 11.8 Å². The van der Waals surface area contributed by atoms with E-state index in [1.165, 1.54) is 5.69 Å². The minimum absolute atomic E-state index is 0.138. The quantitative estimate of drug-likeness (QED) is 0.756. The Labute approximate surface area is 142 Å². The van der Waals surface area contributed by atoms with Crippen LogP contribution in [0.2, 0.25) is 0 Å². The Hall–Kier alpha value is -2.61. The molecule has 1 aliphatic rings. The smallest absolute Gasteiger partial charge is 0.253 e. The maximum atomic E-state index is 12.7. The number of fused-ring (bicyclic) bond motifs is 1. The van der Waals surface area contributed by atoms with E-state index in [-0.39, 0.29) is 5.91 Å². The van der Waals surface area contributed by atoms with E-state index >= 15 is 0 Å². The number of carbonyl (C=O) groups is 1. The normalized spacial score (nSPS) is 14.8. The summed E-state index contributed by atoms with van der Waals surface area (Å²) >= 11 is 1.89. The van der Waals surface area contributed by atoms with Crippen molar-refractivity contribution in [2.24, 2.45) is 0 Å². The SMILES string of the molecule is O=C(NC(c1ccccc1)c1nn[nH]n1)c1cc2n(c1)CCSC2. The number of H-pyrrole nitrogens is 1. The summed E-state index contributed by atoms with van der Waals surface area (Å²) in [5, 5.41) is 17.1. The third kappa shape index (κ3) is 2.92. The van der Waals surface area contributed by atoms with Gasteiger partial charge in [-0.3, -0.25) is 4.79 Å². The number of benzene rings is 1. The molecule has 4 rings (SSSR count). The van der Waals surface area contributed by atoms with Crippen LogP contribution in [0, 0.1) is 0 Å². The minimum atomic E-state index is -0.441. The van der Waals surface area contributed by atoms with Gasteiger partial charge in [0.15, 0.2) is 0 Å². The van der Waals surface area contributed by atoms with Gasteiger partial charge in [0.05, 0.1) is 5.56 Å². The van der Waals surface area contributed by atoms with Crippen molar-refractivity contribution in [2.45, 2.75) is 18.3 Å². The number of amides is 1. The maximum absolute atomic E-state index is 12.7. The second kappa shape index (κ2) is 6.48. The van der Waals surface area contributed by atoms with Gasteiger partial charge in [-0.05, 0) is 11.6 Å². The molecule has 24 heavy (non-hydrogen) atoms. The predicted molar refractivity (Wildman–Crippen MR) is 90.5 cm³/mol. The fourth-order valence-electron chi connectivity index (χ4n) is 2.80. The Bertz CT molecular complexity index is 806. The molecule has 0 spiro atoms. The molecule has 8 heteroatoms. The lowest BCUT2D eigenvalue weighted by Crippen LogP contribution is -2.30. The summed E-state index contributed by atoms with van der Waals surface area (Å²) < 4.78 is 2.15. The van der Waals surface area contributed by atoms with E-state index in [1.54, 1.807) is 0 Å². The first kappa shape index (κ1) is 14.9. The Balaban J connectivity index is 1.60. The Kier molecular flexibility index (Phi) is 4.04. The van der Waals surface area contributed by atoms with Crippen LogP contribution in [0.15, 0.2) is 42.6 Å². The average molecular weight is 340 g/mol. The molecule has 0 saturated carbocycles. The van der Waals surface area contributed by atoms with Gasteiger partial charge in [-0.15, -0.1) is 10.2 Å². The predicted octanol–water partition coefficient (Wildman–Crippen LogP) is 1.77. The van der Waals surface area contributed by atoms with Crippen LogP contribution < -0.4 is 5.32 Å². The highest BCUT2D eigenvalue weighted by molar-refractivity contribution is 7.98. The molecule has 122 valence electrons. The fraction of sp³-hybridized carbons (Fsp3) is 0.250. The molecule has 1 aromatic carbocycles. The first-order valence-corrected chi connectivity index (χ1v) is 8.82. The molecule has 0 aliphatic carbocycles. The van der Waals surface area contributed by atoms with Crippen molar-refractivity contribution in [1.82, 2.24) is 30.5 Å². The number of aryl methyl sites for hydroxylation is 1. The zero-order chi connectivity index (χ0) is 16.4. The van der Waals surface area contributed by atoms with E-state index in [4.69, 9.17) is 0 Å². The van der Waals surface area contributed by atoms with Gasteiger partial charge in [-0.2, -0.15) is 17.0 Å². The van der Waals surface area contributed by atoms with Gasteiger partial charge in [0.2, 0.25) is 5.82 Å². The number of aromatic amines is 1. The first-order chi connectivity index (χ1) is 11.8. The molecule has 2 N–H and O–H groups in total. The van der Waals surface area contributed by atoms with Gasteiger partial charge in [0, 0.05) is 29.9 Å². The summed E-state index contributed by atoms with van der Waals surface area (Å²) in [6.45, 7) is 0.945. The minimum Gasteiger partial charge on any atom is -0.349 e. The van der Waals surface area contributed by atoms with E-state index in [9.17, 15) is 4.79 Å². The molecule has 0 saturated heterocycles. The lowest BCUT2D eigenvalue weighted by atomic mass is 10.1. The highest BCUT2D eigenvalue weighted by Gasteiger charge is 2.23. The van der Waals surface area contributed by atoms with Gasteiger partial charge < -0.3 is 9.88 Å². The number of aromatic nitrogens is 5. The molecule has 1 aliphatic heterocycles. The van der Waals surface area contributed by atoms with Crippen LogP contribution in [0.1, 0.15) is 33.5 Å². The number of carbonyl (C=O) groups excluding carboxylic acids is 1. The summed E-state index contributed by atoms with van der Waals surface area (Å²) in [5.41, 5.74) is 2.76. The molecule has 1 unspecified atom stereocenters. The van der Waals surface area contributed by atoms with Crippen molar-refractivity contribution in [1.29, 1.82) is 0 Å². The monoisotopic (exact) mass is 340 g/mol. The van der Waals surface area contributed by atoms with E-state index in [0.717, 1.165) is 23.6 Å². The molecule has 0 radical (unpaired) electrons.